The first-order chi connectivity index (χ1) is 8.95. The lowest BCUT2D eigenvalue weighted by molar-refractivity contribution is 0.147. The highest BCUT2D eigenvalue weighted by Gasteiger charge is 2.06. The number of hydrogen-bond donors (Lipinski definition) is 2. The van der Waals surface area contributed by atoms with Crippen LogP contribution in [0.3, 0.4) is 0 Å². The topological polar surface area (TPSA) is 74.6 Å². The maximum atomic E-state index is 10.5. The van der Waals surface area contributed by atoms with Crippen molar-refractivity contribution in [1.82, 2.24) is 0 Å². The monoisotopic (exact) mass is 294 g/mol. The van der Waals surface area contributed by atoms with Gasteiger partial charge in [-0.2, -0.15) is 8.42 Å². The van der Waals surface area contributed by atoms with Gasteiger partial charge in [-0.05, 0) is 19.3 Å². The second-order valence-electron chi connectivity index (χ2n) is 5.35. The molecule has 5 heteroatoms. The van der Waals surface area contributed by atoms with Crippen molar-refractivity contribution in [2.24, 2.45) is 0 Å². The normalized spacial score (nSPS) is 13.6. The van der Waals surface area contributed by atoms with Crippen LogP contribution in [0.2, 0.25) is 0 Å². The van der Waals surface area contributed by atoms with Crippen LogP contribution >= 0.6 is 0 Å². The predicted octanol–water partition coefficient (Wildman–Crippen LogP) is 3.55. The van der Waals surface area contributed by atoms with Crippen LogP contribution in [-0.4, -0.2) is 29.9 Å². The fourth-order valence-electron chi connectivity index (χ4n) is 2.15. The summed E-state index contributed by atoms with van der Waals surface area (Å²) in [6.45, 7) is 2.20. The lowest BCUT2D eigenvalue weighted by atomic mass is 10.0. The van der Waals surface area contributed by atoms with E-state index in [1.54, 1.807) is 0 Å². The Labute approximate surface area is 118 Å². The Bertz CT molecular complexity index is 288. The summed E-state index contributed by atoms with van der Waals surface area (Å²) in [5.74, 6) is -0.166. The van der Waals surface area contributed by atoms with E-state index >= 15 is 0 Å². The molecule has 0 bridgehead atoms. The molecule has 19 heavy (non-hydrogen) atoms. The number of aliphatic hydroxyl groups is 1. The van der Waals surface area contributed by atoms with Gasteiger partial charge in [-0.15, -0.1) is 0 Å². The van der Waals surface area contributed by atoms with E-state index in [1.165, 1.54) is 32.1 Å². The molecule has 0 aromatic heterocycles. The molecule has 1 unspecified atom stereocenters. The first-order valence-electron chi connectivity index (χ1n) is 7.59. The van der Waals surface area contributed by atoms with Crippen molar-refractivity contribution in [3.05, 3.63) is 0 Å². The fraction of sp³-hybridized carbons (Fsp3) is 1.00. The summed E-state index contributed by atoms with van der Waals surface area (Å²) in [7, 11) is -3.81. The molecule has 0 fully saturated rings. The van der Waals surface area contributed by atoms with Gasteiger partial charge in [-0.3, -0.25) is 4.55 Å². The Morgan fingerprint density at radius 1 is 0.842 bits per heavy atom. The van der Waals surface area contributed by atoms with Crippen LogP contribution in [0.1, 0.15) is 77.6 Å². The first-order valence-corrected chi connectivity index (χ1v) is 9.20. The molecular weight excluding hydrogens is 264 g/mol. The molecule has 116 valence electrons. The molecule has 0 amide bonds. The zero-order valence-electron chi connectivity index (χ0n) is 12.2. The van der Waals surface area contributed by atoms with Crippen molar-refractivity contribution in [2.45, 2.75) is 83.7 Å². The lowest BCUT2D eigenvalue weighted by Gasteiger charge is -2.10. The van der Waals surface area contributed by atoms with Crippen LogP contribution in [-0.2, 0) is 10.1 Å². The third-order valence-electron chi connectivity index (χ3n) is 3.33. The lowest BCUT2D eigenvalue weighted by Crippen LogP contribution is -2.07. The highest BCUT2D eigenvalue weighted by atomic mass is 32.2. The van der Waals surface area contributed by atoms with Gasteiger partial charge in [0.25, 0.3) is 10.1 Å². The maximum Gasteiger partial charge on any atom is 0.264 e. The minimum absolute atomic E-state index is 0.166. The highest BCUT2D eigenvalue weighted by molar-refractivity contribution is 7.85. The minimum Gasteiger partial charge on any atom is -0.393 e. The molecule has 0 aromatic carbocycles. The predicted molar refractivity (Wildman–Crippen MR) is 78.9 cm³/mol. The van der Waals surface area contributed by atoms with Gasteiger partial charge in [0.1, 0.15) is 0 Å². The van der Waals surface area contributed by atoms with Crippen molar-refractivity contribution >= 4 is 10.1 Å². The Morgan fingerprint density at radius 2 is 1.32 bits per heavy atom. The molecule has 0 radical (unpaired) electrons. The summed E-state index contributed by atoms with van der Waals surface area (Å²) in [5.41, 5.74) is 0. The average molecular weight is 294 g/mol. The first kappa shape index (κ1) is 18.9. The molecule has 0 saturated carbocycles. The maximum absolute atomic E-state index is 10.5. The van der Waals surface area contributed by atoms with Crippen molar-refractivity contribution in [1.29, 1.82) is 0 Å². The van der Waals surface area contributed by atoms with Gasteiger partial charge >= 0.3 is 0 Å². The Balaban J connectivity index is 3.28. The van der Waals surface area contributed by atoms with Crippen LogP contribution in [0.15, 0.2) is 0 Å². The number of rotatable bonds is 13. The smallest absolute Gasteiger partial charge is 0.264 e. The Morgan fingerprint density at radius 3 is 1.84 bits per heavy atom. The van der Waals surface area contributed by atoms with E-state index in [1.807, 2.05) is 0 Å². The molecule has 1 atom stereocenters. The molecule has 0 aliphatic carbocycles. The zero-order valence-corrected chi connectivity index (χ0v) is 13.0. The highest BCUT2D eigenvalue weighted by Crippen LogP contribution is 2.12. The Kier molecular flexibility index (Phi) is 11.6. The van der Waals surface area contributed by atoms with Gasteiger partial charge in [-0.25, -0.2) is 0 Å². The third-order valence-corrected chi connectivity index (χ3v) is 4.14. The molecule has 4 nitrogen and oxygen atoms in total. The van der Waals surface area contributed by atoms with E-state index in [9.17, 15) is 13.5 Å². The fourth-order valence-corrected chi connectivity index (χ4v) is 2.71. The van der Waals surface area contributed by atoms with Crippen LogP contribution < -0.4 is 0 Å². The average Bonchev–Trinajstić information content (AvgIpc) is 2.31. The summed E-state index contributed by atoms with van der Waals surface area (Å²) >= 11 is 0. The summed E-state index contributed by atoms with van der Waals surface area (Å²) in [6, 6.07) is 0. The second-order valence-corrected chi connectivity index (χ2v) is 6.92. The zero-order chi connectivity index (χ0) is 14.6. The summed E-state index contributed by atoms with van der Waals surface area (Å²) in [5, 5.41) is 9.74. The van der Waals surface area contributed by atoms with Gasteiger partial charge in [0.05, 0.1) is 11.9 Å². The number of aliphatic hydroxyl groups excluding tert-OH is 1. The largest absolute Gasteiger partial charge is 0.393 e. The summed E-state index contributed by atoms with van der Waals surface area (Å²) in [6.07, 6.45) is 10.8. The van der Waals surface area contributed by atoms with Gasteiger partial charge < -0.3 is 5.11 Å². The molecule has 0 spiro atoms. The summed E-state index contributed by atoms with van der Waals surface area (Å²) < 4.78 is 29.5. The molecule has 0 rings (SSSR count). The second kappa shape index (κ2) is 11.7. The molecule has 0 aliphatic heterocycles. The van der Waals surface area contributed by atoms with Crippen molar-refractivity contribution < 1.29 is 18.1 Å². The van der Waals surface area contributed by atoms with Crippen molar-refractivity contribution in [3.8, 4) is 0 Å². The van der Waals surface area contributed by atoms with Crippen molar-refractivity contribution in [3.63, 3.8) is 0 Å². The SMILES string of the molecule is CCCCCCCCC(O)CCCCCS(=O)(=O)O. The van der Waals surface area contributed by atoms with Crippen LogP contribution in [0, 0.1) is 0 Å². The van der Waals surface area contributed by atoms with Crippen LogP contribution in [0.5, 0.6) is 0 Å². The molecule has 0 heterocycles. The molecular formula is C14H30O4S. The van der Waals surface area contributed by atoms with E-state index < -0.39 is 10.1 Å². The Hall–Kier alpha value is -0.130. The van der Waals surface area contributed by atoms with Crippen LogP contribution in [0.25, 0.3) is 0 Å². The van der Waals surface area contributed by atoms with Gasteiger partial charge in [0, 0.05) is 0 Å². The van der Waals surface area contributed by atoms with E-state index in [2.05, 4.69) is 6.92 Å². The third kappa shape index (κ3) is 15.8. The quantitative estimate of drug-likeness (QED) is 0.402. The molecule has 0 aliphatic rings. The van der Waals surface area contributed by atoms with Gasteiger partial charge in [0.2, 0.25) is 0 Å². The standard InChI is InChI=1S/C14H30O4S/c1-2-3-4-5-6-8-11-14(15)12-9-7-10-13-19(16,17)18/h14-15H,2-13H2,1H3,(H,16,17,18). The van der Waals surface area contributed by atoms with Gasteiger partial charge in [0.15, 0.2) is 0 Å². The van der Waals surface area contributed by atoms with E-state index in [0.29, 0.717) is 6.42 Å². The van der Waals surface area contributed by atoms with Crippen molar-refractivity contribution in [2.75, 3.05) is 5.75 Å². The van der Waals surface area contributed by atoms with Crippen LogP contribution in [0.4, 0.5) is 0 Å². The number of hydrogen-bond acceptors (Lipinski definition) is 3. The molecule has 0 aromatic rings. The van der Waals surface area contributed by atoms with Gasteiger partial charge in [-0.1, -0.05) is 58.3 Å². The summed E-state index contributed by atoms with van der Waals surface area (Å²) in [4.78, 5) is 0. The van der Waals surface area contributed by atoms with E-state index in [0.717, 1.165) is 32.1 Å². The molecule has 2 N–H and O–H groups in total. The number of unbranched alkanes of at least 4 members (excludes halogenated alkanes) is 7. The minimum atomic E-state index is -3.81. The molecule has 0 saturated heterocycles. The van der Waals surface area contributed by atoms with E-state index in [-0.39, 0.29) is 11.9 Å². The van der Waals surface area contributed by atoms with E-state index in [4.69, 9.17) is 4.55 Å².